The molecule has 2 aromatic heterocycles. The summed E-state index contributed by atoms with van der Waals surface area (Å²) in [4.78, 5) is 32.7. The highest BCUT2D eigenvalue weighted by Crippen LogP contribution is 2.35. The van der Waals surface area contributed by atoms with Crippen LogP contribution in [0.15, 0.2) is 24.5 Å². The van der Waals surface area contributed by atoms with Crippen LogP contribution >= 0.6 is 0 Å². The van der Waals surface area contributed by atoms with Crippen LogP contribution in [0.2, 0.25) is 0 Å². The lowest BCUT2D eigenvalue weighted by Gasteiger charge is -2.26. The number of anilines is 1. The Balaban J connectivity index is 2.14. The Hall–Kier alpha value is -2.94. The van der Waals surface area contributed by atoms with Gasteiger partial charge in [-0.1, -0.05) is 0 Å². The first-order valence-corrected chi connectivity index (χ1v) is 7.71. The first-order valence-electron chi connectivity index (χ1n) is 7.71. The number of aldehydes is 1. The van der Waals surface area contributed by atoms with E-state index in [1.165, 1.54) is 30.5 Å². The minimum Gasteiger partial charge on any atom is -0.494 e. The molecule has 0 N–H and O–H groups in total. The number of morpholine rings is 1. The van der Waals surface area contributed by atoms with E-state index in [2.05, 4.69) is 9.97 Å². The summed E-state index contributed by atoms with van der Waals surface area (Å²) in [6.07, 6.45) is 0.254. The van der Waals surface area contributed by atoms with Gasteiger partial charge >= 0.3 is 0 Å². The molecule has 1 aliphatic rings. The lowest BCUT2D eigenvalue weighted by atomic mass is 10.0. The summed E-state index contributed by atoms with van der Waals surface area (Å²) in [5.74, 6) is 0.253. The first-order chi connectivity index (χ1) is 12.5. The van der Waals surface area contributed by atoms with Crippen molar-refractivity contribution in [2.24, 2.45) is 0 Å². The smallest absolute Gasteiger partial charge is 0.280 e. The predicted octanol–water partition coefficient (Wildman–Crippen LogP) is 2.27. The summed E-state index contributed by atoms with van der Waals surface area (Å²) in [7, 11) is 1.37. The molecule has 0 spiro atoms. The van der Waals surface area contributed by atoms with Crippen molar-refractivity contribution in [3.8, 4) is 16.9 Å². The number of alkyl halides is 2. The predicted molar refractivity (Wildman–Crippen MR) is 87.5 cm³/mol. The number of amides is 1. The third-order valence-electron chi connectivity index (χ3n) is 3.93. The van der Waals surface area contributed by atoms with Gasteiger partial charge in [0.05, 0.1) is 26.5 Å². The molecule has 1 aliphatic heterocycles. The van der Waals surface area contributed by atoms with E-state index in [1.54, 1.807) is 0 Å². The van der Waals surface area contributed by atoms with Crippen molar-refractivity contribution in [3.63, 3.8) is 0 Å². The SMILES string of the molecule is COc1cnc(C(F)F)cc1-c1cc(N2CCOCC2=O)ncc1C=O. The van der Waals surface area contributed by atoms with Gasteiger partial charge in [0.15, 0.2) is 6.29 Å². The normalized spacial score (nSPS) is 14.6. The Labute approximate surface area is 147 Å². The molecule has 0 radical (unpaired) electrons. The van der Waals surface area contributed by atoms with Crippen LogP contribution in [-0.4, -0.2) is 49.0 Å². The average molecular weight is 363 g/mol. The zero-order valence-electron chi connectivity index (χ0n) is 13.8. The van der Waals surface area contributed by atoms with Gasteiger partial charge in [-0.25, -0.2) is 13.8 Å². The maximum Gasteiger partial charge on any atom is 0.280 e. The molecule has 0 saturated carbocycles. The summed E-state index contributed by atoms with van der Waals surface area (Å²) >= 11 is 0. The topological polar surface area (TPSA) is 81.6 Å². The fourth-order valence-corrected chi connectivity index (χ4v) is 2.64. The molecule has 0 atom stereocenters. The fraction of sp³-hybridized carbons (Fsp3) is 0.294. The molecule has 26 heavy (non-hydrogen) atoms. The molecular formula is C17H15F2N3O4. The van der Waals surface area contributed by atoms with Crippen LogP contribution in [-0.2, 0) is 9.53 Å². The van der Waals surface area contributed by atoms with Gasteiger partial charge in [0, 0.05) is 22.9 Å². The largest absolute Gasteiger partial charge is 0.494 e. The molecule has 2 aromatic rings. The van der Waals surface area contributed by atoms with Crippen LogP contribution in [0.5, 0.6) is 5.75 Å². The second-order valence-corrected chi connectivity index (χ2v) is 5.46. The first kappa shape index (κ1) is 17.9. The average Bonchev–Trinajstić information content (AvgIpc) is 2.67. The number of ether oxygens (including phenoxy) is 2. The van der Waals surface area contributed by atoms with E-state index in [0.717, 1.165) is 6.07 Å². The molecule has 7 nitrogen and oxygen atoms in total. The highest BCUT2D eigenvalue weighted by molar-refractivity contribution is 5.96. The molecule has 1 amide bonds. The maximum atomic E-state index is 13.1. The van der Waals surface area contributed by atoms with E-state index in [1.807, 2.05) is 0 Å². The minimum atomic E-state index is -2.78. The van der Waals surface area contributed by atoms with E-state index in [-0.39, 0.29) is 29.4 Å². The van der Waals surface area contributed by atoms with Gasteiger partial charge in [0.1, 0.15) is 23.9 Å². The van der Waals surface area contributed by atoms with E-state index in [4.69, 9.17) is 9.47 Å². The molecule has 3 heterocycles. The molecule has 0 bridgehead atoms. The second-order valence-electron chi connectivity index (χ2n) is 5.46. The van der Waals surface area contributed by atoms with Gasteiger partial charge in [-0.05, 0) is 12.1 Å². The zero-order chi connectivity index (χ0) is 18.7. The van der Waals surface area contributed by atoms with E-state index in [9.17, 15) is 18.4 Å². The van der Waals surface area contributed by atoms with Crippen LogP contribution < -0.4 is 9.64 Å². The molecular weight excluding hydrogens is 348 g/mol. The van der Waals surface area contributed by atoms with E-state index >= 15 is 0 Å². The Bertz CT molecular complexity index is 845. The molecule has 1 fully saturated rings. The summed E-state index contributed by atoms with van der Waals surface area (Å²) in [5, 5.41) is 0. The summed E-state index contributed by atoms with van der Waals surface area (Å²) in [5.41, 5.74) is 0.326. The maximum absolute atomic E-state index is 13.1. The Kier molecular flexibility index (Phi) is 5.17. The van der Waals surface area contributed by atoms with Crippen molar-refractivity contribution in [2.75, 3.05) is 31.8 Å². The number of methoxy groups -OCH3 is 1. The summed E-state index contributed by atoms with van der Waals surface area (Å²) in [6, 6.07) is 2.66. The van der Waals surface area contributed by atoms with Crippen molar-refractivity contribution in [1.82, 2.24) is 9.97 Å². The van der Waals surface area contributed by atoms with Gasteiger partial charge in [-0.15, -0.1) is 0 Å². The zero-order valence-corrected chi connectivity index (χ0v) is 13.8. The molecule has 9 heteroatoms. The van der Waals surface area contributed by atoms with Crippen molar-refractivity contribution < 1.29 is 27.8 Å². The molecule has 1 saturated heterocycles. The molecule has 0 aromatic carbocycles. The summed E-state index contributed by atoms with van der Waals surface area (Å²) < 4.78 is 36.4. The number of carbonyl (C=O) groups excluding carboxylic acids is 2. The van der Waals surface area contributed by atoms with E-state index < -0.39 is 12.1 Å². The standard InChI is InChI=1S/C17H15F2N3O4/c1-25-14-7-20-13(17(18)19)4-12(14)11-5-15(21-6-10(11)8-23)22-2-3-26-9-16(22)24/h4-8,17H,2-3,9H2,1H3. The van der Waals surface area contributed by atoms with Gasteiger partial charge in [0.2, 0.25) is 0 Å². The van der Waals surface area contributed by atoms with Crippen molar-refractivity contribution in [3.05, 3.63) is 35.8 Å². The number of halogens is 2. The number of hydrogen-bond acceptors (Lipinski definition) is 6. The highest BCUT2D eigenvalue weighted by Gasteiger charge is 2.23. The number of pyridine rings is 2. The second kappa shape index (κ2) is 7.52. The Morgan fingerprint density at radius 3 is 2.73 bits per heavy atom. The molecule has 136 valence electrons. The number of hydrogen-bond donors (Lipinski definition) is 0. The van der Waals surface area contributed by atoms with Crippen LogP contribution in [0.3, 0.4) is 0 Å². The van der Waals surface area contributed by atoms with Crippen LogP contribution in [0, 0.1) is 0 Å². The minimum absolute atomic E-state index is 0.0689. The van der Waals surface area contributed by atoms with Gasteiger partial charge in [-0.3, -0.25) is 19.5 Å². The number of nitrogens with zero attached hydrogens (tertiary/aromatic N) is 3. The van der Waals surface area contributed by atoms with Crippen molar-refractivity contribution in [2.45, 2.75) is 6.43 Å². The number of rotatable bonds is 5. The Morgan fingerprint density at radius 2 is 2.08 bits per heavy atom. The fourth-order valence-electron chi connectivity index (χ4n) is 2.64. The van der Waals surface area contributed by atoms with Gasteiger partial charge < -0.3 is 9.47 Å². The number of carbonyl (C=O) groups is 2. The lowest BCUT2D eigenvalue weighted by molar-refractivity contribution is -0.125. The third-order valence-corrected chi connectivity index (χ3v) is 3.93. The van der Waals surface area contributed by atoms with Crippen molar-refractivity contribution >= 4 is 18.0 Å². The van der Waals surface area contributed by atoms with Gasteiger partial charge in [0.25, 0.3) is 12.3 Å². The van der Waals surface area contributed by atoms with Crippen LogP contribution in [0.4, 0.5) is 14.6 Å². The number of aromatic nitrogens is 2. The van der Waals surface area contributed by atoms with Crippen LogP contribution in [0.1, 0.15) is 22.5 Å². The van der Waals surface area contributed by atoms with Crippen LogP contribution in [0.25, 0.3) is 11.1 Å². The third kappa shape index (κ3) is 3.38. The quantitative estimate of drug-likeness (QED) is 0.758. The van der Waals surface area contributed by atoms with Crippen molar-refractivity contribution in [1.29, 1.82) is 0 Å². The highest BCUT2D eigenvalue weighted by atomic mass is 19.3. The van der Waals surface area contributed by atoms with E-state index in [0.29, 0.717) is 30.8 Å². The molecule has 0 unspecified atom stereocenters. The Morgan fingerprint density at radius 1 is 1.27 bits per heavy atom. The molecule has 0 aliphatic carbocycles. The summed E-state index contributed by atoms with van der Waals surface area (Å²) in [6.45, 7) is 0.592. The van der Waals surface area contributed by atoms with Gasteiger partial charge in [-0.2, -0.15) is 0 Å². The molecule has 3 rings (SSSR count). The monoisotopic (exact) mass is 363 g/mol. The lowest BCUT2D eigenvalue weighted by Crippen LogP contribution is -2.42.